The van der Waals surface area contributed by atoms with Gasteiger partial charge in [0.05, 0.1) is 11.0 Å². The van der Waals surface area contributed by atoms with Crippen LogP contribution < -0.4 is 37.7 Å². The van der Waals surface area contributed by atoms with Gasteiger partial charge in [-0.25, -0.2) is 19.9 Å². The van der Waals surface area contributed by atoms with E-state index in [0.717, 1.165) is 55.3 Å². The summed E-state index contributed by atoms with van der Waals surface area (Å²) in [5.74, 6) is 2.58. The number of benzene rings is 10. The van der Waals surface area contributed by atoms with Gasteiger partial charge in [0.15, 0.2) is 23.3 Å². The first kappa shape index (κ1) is 70.1. The Balaban J connectivity index is 1.17. The van der Waals surface area contributed by atoms with Crippen LogP contribution in [0.1, 0.15) is 176 Å². The van der Waals surface area contributed by atoms with Gasteiger partial charge in [-0.05, 0) is 155 Å². The number of aromatic nitrogens is 4. The van der Waals surface area contributed by atoms with E-state index < -0.39 is 0 Å². The van der Waals surface area contributed by atoms with Crippen molar-refractivity contribution in [1.82, 2.24) is 24.4 Å². The number of hydrogen-bond acceptors (Lipinski definition) is 5. The van der Waals surface area contributed by atoms with Crippen molar-refractivity contribution >= 4 is 96.7 Å². The van der Waals surface area contributed by atoms with E-state index in [-0.39, 0.29) is 46.3 Å². The molecule has 0 unspecified atom stereocenters. The number of fused-ring (bicyclic) bond motifs is 7. The molecule has 8 nitrogen and oxygen atoms in total. The summed E-state index contributed by atoms with van der Waals surface area (Å²) >= 11 is 0. The summed E-state index contributed by atoms with van der Waals surface area (Å²) in [7, 11) is 4.11. The Morgan fingerprint density at radius 1 is 0.408 bits per heavy atom. The van der Waals surface area contributed by atoms with Crippen LogP contribution in [0.3, 0.4) is 0 Å². The van der Waals surface area contributed by atoms with Crippen LogP contribution in [0, 0.1) is 47.0 Å². The average molecular weight is 1350 g/mol. The molecule has 4 heterocycles. The summed E-state index contributed by atoms with van der Waals surface area (Å²) in [6, 6.07) is 68.6. The van der Waals surface area contributed by atoms with Crippen molar-refractivity contribution in [2.45, 2.75) is 172 Å². The lowest BCUT2D eigenvalue weighted by molar-refractivity contribution is 0.590. The van der Waals surface area contributed by atoms with E-state index in [1.165, 1.54) is 111 Å². The molecule has 103 heavy (non-hydrogen) atoms. The molecule has 2 aromatic heterocycles. The average Bonchev–Trinajstić information content (AvgIpc) is 1.55. The molecule has 10 heteroatoms. The number of nitrogens with zero attached hydrogens (tertiary/aromatic N) is 7. The highest BCUT2D eigenvalue weighted by Gasteiger charge is 2.46. The molecule has 0 radical (unpaired) electrons. The zero-order valence-corrected chi connectivity index (χ0v) is 65.1. The van der Waals surface area contributed by atoms with Crippen molar-refractivity contribution in [1.29, 1.82) is 5.41 Å². The molecule has 0 aliphatic carbocycles. The van der Waals surface area contributed by atoms with Gasteiger partial charge in [0.1, 0.15) is 5.84 Å². The van der Waals surface area contributed by atoms with E-state index in [2.05, 4.69) is 344 Å². The van der Waals surface area contributed by atoms with E-state index in [4.69, 9.17) is 19.9 Å². The van der Waals surface area contributed by atoms with Crippen LogP contribution in [-0.4, -0.2) is 63.6 Å². The Morgan fingerprint density at radius 3 is 1.19 bits per heavy atom. The first-order valence-corrected chi connectivity index (χ1v) is 36.9. The van der Waals surface area contributed by atoms with E-state index in [1.54, 1.807) is 0 Å². The fraction of sp³-hybridized carbons (Fsp3) is 0.301. The lowest BCUT2D eigenvalue weighted by Gasteiger charge is -2.45. The van der Waals surface area contributed by atoms with Crippen molar-refractivity contribution in [2.24, 2.45) is 4.99 Å². The molecular weight excluding hydrogens is 1250 g/mol. The van der Waals surface area contributed by atoms with Crippen molar-refractivity contribution in [3.63, 3.8) is 0 Å². The van der Waals surface area contributed by atoms with Crippen molar-refractivity contribution in [3.8, 4) is 39.9 Å². The first-order valence-electron chi connectivity index (χ1n) is 36.9. The molecule has 12 aromatic rings. The van der Waals surface area contributed by atoms with Crippen LogP contribution in [0.25, 0.3) is 61.7 Å². The molecule has 0 saturated carbocycles. The number of nitrogens with one attached hydrogen (secondary N) is 1. The molecule has 0 saturated heterocycles. The molecule has 2 aliphatic heterocycles. The Morgan fingerprint density at radius 2 is 0.786 bits per heavy atom. The first-order chi connectivity index (χ1) is 48.4. The zero-order valence-electron chi connectivity index (χ0n) is 65.1. The molecule has 10 aromatic carbocycles. The maximum absolute atomic E-state index is 9.94. The normalized spacial score (nSPS) is 13.4. The standard InChI is InChI=1S/C93H100B2N8/c1-54-46-56(3)79(57(4)47-54)94-73-50-66(92(16,17)18)42-44-77(73)103-78-45-43-67(93(19,20)21)51-74(78)95(80-58(5)48-55(2)49-59(80)6)76-53-68(52-75(94)83(76)103)102-81-69(70-27-25-29-72(82(70)102)88(101(22)23)97-84(96)60-30-36-63(37-31-60)89(7,8)9)26-24-28-71(81)87-99-85(61-32-38-64(39-33-61)90(10,11)12)98-86(100-87)62-34-40-65(41-35-62)91(13,14)15/h24-53,96H,1-23H3. The quantitative estimate of drug-likeness (QED) is 0.0931. The van der Waals surface area contributed by atoms with Crippen LogP contribution in [0.2, 0.25) is 0 Å². The number of aliphatic imine (C=N–C) groups is 1. The summed E-state index contributed by atoms with van der Waals surface area (Å²) in [5.41, 5.74) is 31.8. The van der Waals surface area contributed by atoms with E-state index in [9.17, 15) is 5.41 Å². The second-order valence-electron chi connectivity index (χ2n) is 35.1. The van der Waals surface area contributed by atoms with Crippen LogP contribution in [0.15, 0.2) is 187 Å². The van der Waals surface area contributed by atoms with Gasteiger partial charge in [-0.1, -0.05) is 294 Å². The van der Waals surface area contributed by atoms with Crippen molar-refractivity contribution in [2.75, 3.05) is 19.0 Å². The van der Waals surface area contributed by atoms with Gasteiger partial charge in [-0.2, -0.15) is 0 Å². The Hall–Kier alpha value is -9.92. The molecule has 14 rings (SSSR count). The monoisotopic (exact) mass is 1350 g/mol. The van der Waals surface area contributed by atoms with E-state index in [1.807, 2.05) is 12.1 Å². The molecule has 0 bridgehead atoms. The fourth-order valence-corrected chi connectivity index (χ4v) is 16.5. The maximum Gasteiger partial charge on any atom is 0.247 e. The van der Waals surface area contributed by atoms with Crippen LogP contribution in [0.4, 0.5) is 17.1 Å². The molecule has 0 atom stereocenters. The second kappa shape index (κ2) is 25.2. The van der Waals surface area contributed by atoms with E-state index >= 15 is 0 Å². The van der Waals surface area contributed by atoms with Gasteiger partial charge in [-0.3, -0.25) is 5.41 Å². The molecule has 0 amide bonds. The van der Waals surface area contributed by atoms with Crippen molar-refractivity contribution < 1.29 is 0 Å². The summed E-state index contributed by atoms with van der Waals surface area (Å²) < 4.78 is 2.54. The second-order valence-corrected chi connectivity index (χ2v) is 35.1. The third kappa shape index (κ3) is 12.5. The van der Waals surface area contributed by atoms with Crippen LogP contribution in [-0.2, 0) is 27.1 Å². The summed E-state index contributed by atoms with van der Waals surface area (Å²) in [6.07, 6.45) is 0. The summed E-state index contributed by atoms with van der Waals surface area (Å²) in [5, 5.41) is 12.0. The zero-order chi connectivity index (χ0) is 73.6. The Kier molecular flexibility index (Phi) is 17.2. The smallest absolute Gasteiger partial charge is 0.247 e. The molecule has 2 aliphatic rings. The number of amidine groups is 2. The highest BCUT2D eigenvalue weighted by atomic mass is 15.2. The maximum atomic E-state index is 9.94. The molecule has 518 valence electrons. The summed E-state index contributed by atoms with van der Waals surface area (Å²) in [6.45, 7) is 47.6. The third-order valence-corrected chi connectivity index (χ3v) is 21.8. The minimum atomic E-state index is -0.196. The molecule has 0 fully saturated rings. The van der Waals surface area contributed by atoms with Crippen LogP contribution in [0.5, 0.6) is 0 Å². The number of anilines is 3. The highest BCUT2D eigenvalue weighted by Crippen LogP contribution is 2.45. The Bertz CT molecular complexity index is 5190. The summed E-state index contributed by atoms with van der Waals surface area (Å²) in [4.78, 5) is 26.9. The van der Waals surface area contributed by atoms with Crippen LogP contribution >= 0.6 is 0 Å². The minimum absolute atomic E-state index is 0.0544. The lowest BCUT2D eigenvalue weighted by atomic mass is 9.29. The highest BCUT2D eigenvalue weighted by molar-refractivity contribution is 7.02. The largest absolute Gasteiger partial charge is 0.362 e. The minimum Gasteiger partial charge on any atom is -0.362 e. The van der Waals surface area contributed by atoms with Gasteiger partial charge < -0.3 is 14.4 Å². The van der Waals surface area contributed by atoms with Crippen molar-refractivity contribution in [3.05, 3.63) is 254 Å². The third-order valence-electron chi connectivity index (χ3n) is 21.8. The van der Waals surface area contributed by atoms with E-state index in [0.29, 0.717) is 23.3 Å². The fourth-order valence-electron chi connectivity index (χ4n) is 16.5. The predicted octanol–water partition coefficient (Wildman–Crippen LogP) is 18.8. The molecule has 1 N–H and O–H groups in total. The molecule has 0 spiro atoms. The van der Waals surface area contributed by atoms with Gasteiger partial charge in [0.25, 0.3) is 0 Å². The van der Waals surface area contributed by atoms with Gasteiger partial charge in [0.2, 0.25) is 13.4 Å². The topological polar surface area (TPSA) is 86.3 Å². The SMILES string of the molecule is Cc1cc(C)c(B2c3cc(C(C)(C)C)ccc3N3c4ccc(C(C)(C)C)cc4B(c4c(C)cc(C)cc4C)c4cc(-n5c6c(C(=NC(=N)c7ccc(C(C)(C)C)cc7)N(C)C)cccc6c6cccc(-c7nc(-c8ccc(C(C)(C)C)cc8)nc(-c8ccc(C(C)(C)C)cc8)n7)c65)cc2c43)c(C)c1. The number of aryl methyl sites for hydroxylation is 6. The lowest BCUT2D eigenvalue weighted by Crippen LogP contribution is -2.66. The predicted molar refractivity (Wildman–Crippen MR) is 443 cm³/mol. The number of hydrogen-bond donors (Lipinski definition) is 1. The number of para-hydroxylation sites is 2. The van der Waals surface area contributed by atoms with Gasteiger partial charge >= 0.3 is 0 Å². The van der Waals surface area contributed by atoms with Gasteiger partial charge in [0, 0.05) is 75.4 Å². The van der Waals surface area contributed by atoms with Gasteiger partial charge in [-0.15, -0.1) is 0 Å². The Labute approximate surface area is 613 Å². The molecular formula is C93H100B2N8. The number of rotatable bonds is 8.